The van der Waals surface area contributed by atoms with Crippen molar-refractivity contribution in [3.63, 3.8) is 0 Å². The lowest BCUT2D eigenvalue weighted by Gasteiger charge is -2.18. The Kier molecular flexibility index (Phi) is 69.1. The van der Waals surface area contributed by atoms with E-state index in [1.54, 1.807) is 0 Å². The second kappa shape index (κ2) is 71.6. The highest BCUT2D eigenvalue weighted by atomic mass is 16.6. The lowest BCUT2D eigenvalue weighted by atomic mass is 10.0. The molecular weight excluding hydrogens is 1020 g/mol. The van der Waals surface area contributed by atoms with Gasteiger partial charge in [0.05, 0.1) is 0 Å². The SMILES string of the molecule is CCCCCCC/C=C\C/C=C\C/C=C\CCCCCCCCCCC(=O)OCC(COC(=O)CCCCCCCCCCCCCCCCCCCCC)OC(=O)CCCCCCCCCCCCC/C=C\C/C=C\CCCCCCC. The van der Waals surface area contributed by atoms with Crippen LogP contribution in [0.1, 0.15) is 393 Å². The molecule has 484 valence electrons. The van der Waals surface area contributed by atoms with Gasteiger partial charge in [-0.15, -0.1) is 0 Å². The zero-order chi connectivity index (χ0) is 59.9. The number of esters is 3. The van der Waals surface area contributed by atoms with Crippen LogP contribution in [0, 0.1) is 0 Å². The maximum absolute atomic E-state index is 13.0. The van der Waals surface area contributed by atoms with E-state index in [9.17, 15) is 14.4 Å². The lowest BCUT2D eigenvalue weighted by Crippen LogP contribution is -2.30. The summed E-state index contributed by atoms with van der Waals surface area (Å²) in [6.45, 7) is 6.68. The predicted octanol–water partition coefficient (Wildman–Crippen LogP) is 25.5. The molecule has 6 nitrogen and oxygen atoms in total. The molecule has 0 aromatic rings. The van der Waals surface area contributed by atoms with E-state index >= 15 is 0 Å². The third kappa shape index (κ3) is 69.8. The summed E-state index contributed by atoms with van der Waals surface area (Å²) in [5.74, 6) is -0.855. The number of carbonyl (C=O) groups excluding carboxylic acids is 3. The average Bonchev–Trinajstić information content (AvgIpc) is 3.49. The highest BCUT2D eigenvalue weighted by molar-refractivity contribution is 5.71. The fraction of sp³-hybridized carbons (Fsp3) is 0.831. The van der Waals surface area contributed by atoms with Gasteiger partial charge in [-0.25, -0.2) is 0 Å². The summed E-state index contributed by atoms with van der Waals surface area (Å²) in [5.41, 5.74) is 0. The monoisotopic (exact) mass is 1160 g/mol. The molecule has 0 fully saturated rings. The van der Waals surface area contributed by atoms with E-state index in [1.165, 1.54) is 270 Å². The molecule has 0 rings (SSSR count). The number of ether oxygens (including phenoxy) is 3. The van der Waals surface area contributed by atoms with Crippen LogP contribution in [-0.4, -0.2) is 37.2 Å². The Hall–Kier alpha value is -2.89. The number of carbonyl (C=O) groups is 3. The van der Waals surface area contributed by atoms with Crippen LogP contribution in [0.3, 0.4) is 0 Å². The lowest BCUT2D eigenvalue weighted by molar-refractivity contribution is -0.167. The Bertz CT molecular complexity index is 1470. The minimum atomic E-state index is -0.779. The van der Waals surface area contributed by atoms with E-state index in [-0.39, 0.29) is 31.1 Å². The molecule has 0 amide bonds. The fourth-order valence-corrected chi connectivity index (χ4v) is 11.0. The van der Waals surface area contributed by atoms with Crippen LogP contribution in [0.5, 0.6) is 0 Å². The highest BCUT2D eigenvalue weighted by Crippen LogP contribution is 2.18. The van der Waals surface area contributed by atoms with Gasteiger partial charge in [0.1, 0.15) is 13.2 Å². The molecule has 0 radical (unpaired) electrons. The van der Waals surface area contributed by atoms with Gasteiger partial charge in [-0.1, -0.05) is 345 Å². The van der Waals surface area contributed by atoms with Crippen molar-refractivity contribution in [1.82, 2.24) is 0 Å². The summed E-state index contributed by atoms with van der Waals surface area (Å²) >= 11 is 0. The molecule has 0 aliphatic heterocycles. The zero-order valence-electron chi connectivity index (χ0n) is 55.7. The molecular formula is C77H140O6. The van der Waals surface area contributed by atoms with Crippen LogP contribution >= 0.6 is 0 Å². The molecule has 0 spiro atoms. The quantitative estimate of drug-likeness (QED) is 0.0261. The third-order valence-electron chi connectivity index (χ3n) is 16.5. The van der Waals surface area contributed by atoms with E-state index in [2.05, 4.69) is 81.5 Å². The molecule has 0 saturated carbocycles. The Labute approximate surface area is 517 Å². The van der Waals surface area contributed by atoms with E-state index in [4.69, 9.17) is 14.2 Å². The summed E-state index contributed by atoms with van der Waals surface area (Å²) in [5, 5.41) is 0. The maximum Gasteiger partial charge on any atom is 0.306 e. The highest BCUT2D eigenvalue weighted by Gasteiger charge is 2.19. The van der Waals surface area contributed by atoms with E-state index < -0.39 is 6.10 Å². The molecule has 0 N–H and O–H groups in total. The average molecular weight is 1160 g/mol. The number of hydrogen-bond donors (Lipinski definition) is 0. The molecule has 0 saturated heterocycles. The van der Waals surface area contributed by atoms with Gasteiger partial charge in [0, 0.05) is 19.3 Å². The van der Waals surface area contributed by atoms with E-state index in [0.717, 1.165) is 83.5 Å². The Morgan fingerprint density at radius 3 is 0.675 bits per heavy atom. The van der Waals surface area contributed by atoms with Crippen molar-refractivity contribution in [2.45, 2.75) is 399 Å². The first-order valence-electron chi connectivity index (χ1n) is 36.8. The maximum atomic E-state index is 13.0. The van der Waals surface area contributed by atoms with Gasteiger partial charge in [-0.3, -0.25) is 14.4 Å². The van der Waals surface area contributed by atoms with Gasteiger partial charge in [-0.2, -0.15) is 0 Å². The van der Waals surface area contributed by atoms with Crippen LogP contribution in [0.4, 0.5) is 0 Å². The number of rotatable bonds is 68. The summed E-state index contributed by atoms with van der Waals surface area (Å²) in [4.78, 5) is 38.5. The normalized spacial score (nSPS) is 12.4. The molecule has 0 heterocycles. The van der Waals surface area contributed by atoms with Gasteiger partial charge < -0.3 is 14.2 Å². The van der Waals surface area contributed by atoms with E-state index in [0.29, 0.717) is 19.3 Å². The smallest absolute Gasteiger partial charge is 0.306 e. The third-order valence-corrected chi connectivity index (χ3v) is 16.5. The van der Waals surface area contributed by atoms with Gasteiger partial charge in [0.2, 0.25) is 0 Å². The largest absolute Gasteiger partial charge is 0.462 e. The molecule has 6 heteroatoms. The van der Waals surface area contributed by atoms with Crippen molar-refractivity contribution >= 4 is 17.9 Å². The Morgan fingerprint density at radius 2 is 0.434 bits per heavy atom. The molecule has 1 atom stereocenters. The summed E-state index contributed by atoms with van der Waals surface area (Å²) in [6, 6.07) is 0. The fourth-order valence-electron chi connectivity index (χ4n) is 11.0. The minimum absolute atomic E-state index is 0.0731. The van der Waals surface area contributed by atoms with Crippen LogP contribution in [0.15, 0.2) is 60.8 Å². The predicted molar refractivity (Wildman–Crippen MR) is 362 cm³/mol. The van der Waals surface area contributed by atoms with Crippen LogP contribution in [-0.2, 0) is 28.6 Å². The first-order valence-corrected chi connectivity index (χ1v) is 36.8. The topological polar surface area (TPSA) is 78.9 Å². The van der Waals surface area contributed by atoms with Gasteiger partial charge in [-0.05, 0) is 89.9 Å². The number of hydrogen-bond acceptors (Lipinski definition) is 6. The molecule has 0 aromatic carbocycles. The van der Waals surface area contributed by atoms with Crippen molar-refractivity contribution in [3.8, 4) is 0 Å². The molecule has 0 aliphatic carbocycles. The minimum Gasteiger partial charge on any atom is -0.462 e. The van der Waals surface area contributed by atoms with E-state index in [1.807, 2.05) is 0 Å². The number of unbranched alkanes of at least 4 members (excludes halogenated alkanes) is 47. The van der Waals surface area contributed by atoms with Crippen molar-refractivity contribution in [2.75, 3.05) is 13.2 Å². The molecule has 0 aromatic heterocycles. The van der Waals surface area contributed by atoms with Gasteiger partial charge in [0.25, 0.3) is 0 Å². The second-order valence-electron chi connectivity index (χ2n) is 24.9. The molecule has 83 heavy (non-hydrogen) atoms. The van der Waals surface area contributed by atoms with Crippen LogP contribution in [0.25, 0.3) is 0 Å². The Balaban J connectivity index is 4.35. The standard InChI is InChI=1S/C77H140O6/c1-4-7-10-13-16-19-22-25-28-31-34-36-38-40-43-46-49-52-55-58-61-64-67-70-76(79)82-73-74(72-81-75(78)69-66-63-60-57-54-51-48-45-42-33-30-27-24-21-18-15-12-9-6-3)83-77(80)71-68-65-62-59-56-53-50-47-44-41-39-37-35-32-29-26-23-20-17-14-11-8-5-2/h22-23,25-26,31-32,34-35,38,40,74H,4-21,24,27-30,33,36-37,39,41-73H2,1-3H3/b25-22-,26-23-,34-31-,35-32-,40-38-. The van der Waals surface area contributed by atoms with Crippen molar-refractivity contribution in [1.29, 1.82) is 0 Å². The molecule has 0 bridgehead atoms. The number of allylic oxidation sites excluding steroid dienone is 10. The summed E-state index contributed by atoms with van der Waals surface area (Å²) in [6.07, 6.45) is 92.4. The van der Waals surface area contributed by atoms with Crippen LogP contribution < -0.4 is 0 Å². The van der Waals surface area contributed by atoms with Crippen molar-refractivity contribution in [3.05, 3.63) is 60.8 Å². The molecule has 1 unspecified atom stereocenters. The second-order valence-corrected chi connectivity index (χ2v) is 24.9. The first-order chi connectivity index (χ1) is 41.0. The van der Waals surface area contributed by atoms with Gasteiger partial charge >= 0.3 is 17.9 Å². The zero-order valence-corrected chi connectivity index (χ0v) is 55.7. The summed E-state index contributed by atoms with van der Waals surface area (Å²) in [7, 11) is 0. The van der Waals surface area contributed by atoms with Crippen molar-refractivity contribution < 1.29 is 28.6 Å². The summed E-state index contributed by atoms with van der Waals surface area (Å²) < 4.78 is 17.0. The van der Waals surface area contributed by atoms with Crippen LogP contribution in [0.2, 0.25) is 0 Å². The Morgan fingerprint density at radius 1 is 0.241 bits per heavy atom. The van der Waals surface area contributed by atoms with Crippen molar-refractivity contribution in [2.24, 2.45) is 0 Å². The van der Waals surface area contributed by atoms with Gasteiger partial charge in [0.15, 0.2) is 6.10 Å². The molecule has 0 aliphatic rings. The first kappa shape index (κ1) is 80.1.